The molecule has 0 aromatic heterocycles. The number of halogens is 3. The molecule has 1 aliphatic carbocycles. The second kappa shape index (κ2) is 10.1. The Balaban J connectivity index is 0.000000970. The van der Waals surface area contributed by atoms with Gasteiger partial charge in [-0.25, -0.2) is 0 Å². The molecule has 0 bridgehead atoms. The van der Waals surface area contributed by atoms with Crippen LogP contribution in [0.1, 0.15) is 69.4 Å². The van der Waals surface area contributed by atoms with Gasteiger partial charge in [0.05, 0.1) is 17.4 Å². The molecule has 0 aliphatic heterocycles. The van der Waals surface area contributed by atoms with Gasteiger partial charge in [-0.05, 0) is 61.3 Å². The molecule has 1 fully saturated rings. The van der Waals surface area contributed by atoms with Gasteiger partial charge in [0, 0.05) is 13.3 Å². The molecule has 25 heavy (non-hydrogen) atoms. The van der Waals surface area contributed by atoms with E-state index in [1.807, 2.05) is 13.0 Å². The normalized spacial score (nSPS) is 21.0. The highest BCUT2D eigenvalue weighted by atomic mass is 19.4. The third-order valence-corrected chi connectivity index (χ3v) is 4.43. The lowest BCUT2D eigenvalue weighted by Crippen LogP contribution is -2.15. The third-order valence-electron chi connectivity index (χ3n) is 4.43. The van der Waals surface area contributed by atoms with E-state index in [2.05, 4.69) is 0 Å². The lowest BCUT2D eigenvalue weighted by Gasteiger charge is -2.29. The van der Waals surface area contributed by atoms with Gasteiger partial charge >= 0.3 is 6.18 Å². The topological polar surface area (TPSA) is 44.0 Å². The molecular formula is C20H26F3NO. The lowest BCUT2D eigenvalue weighted by atomic mass is 9.76. The van der Waals surface area contributed by atoms with Crippen molar-refractivity contribution in [1.29, 1.82) is 5.26 Å². The lowest BCUT2D eigenvalue weighted by molar-refractivity contribution is -0.137. The third kappa shape index (κ3) is 7.21. The van der Waals surface area contributed by atoms with Gasteiger partial charge in [-0.1, -0.05) is 25.5 Å². The molecule has 0 heterocycles. The van der Waals surface area contributed by atoms with Crippen LogP contribution in [0.15, 0.2) is 36.1 Å². The van der Waals surface area contributed by atoms with E-state index in [1.54, 1.807) is 18.2 Å². The van der Waals surface area contributed by atoms with Crippen molar-refractivity contribution in [3.8, 4) is 6.07 Å². The Morgan fingerprint density at radius 1 is 1.28 bits per heavy atom. The Hall–Kier alpha value is -1.96. The number of allylic oxidation sites excluding steroid dienone is 2. The first-order chi connectivity index (χ1) is 11.8. The van der Waals surface area contributed by atoms with Crippen LogP contribution in [0.2, 0.25) is 0 Å². The quantitative estimate of drug-likeness (QED) is 0.608. The van der Waals surface area contributed by atoms with E-state index in [0.717, 1.165) is 37.7 Å². The molecule has 0 amide bonds. The number of aliphatic hydroxyl groups is 1. The standard InChI is InChI=1S/C18H23F3O.C2H3N/c1-2-4-17(22)12-13-5-3-6-15(11-13)14-7-9-16(10-8-14)18(19,20)21;1-2-3/h4,7-10,13,15,22H,2-3,5-6,11-12H2,1H3;1H3/b17-4+;. The van der Waals surface area contributed by atoms with E-state index >= 15 is 0 Å². The summed E-state index contributed by atoms with van der Waals surface area (Å²) in [7, 11) is 0. The van der Waals surface area contributed by atoms with E-state index in [0.29, 0.717) is 24.0 Å². The van der Waals surface area contributed by atoms with Gasteiger partial charge in [0.1, 0.15) is 0 Å². The highest BCUT2D eigenvalue weighted by Crippen LogP contribution is 2.39. The van der Waals surface area contributed by atoms with Crippen molar-refractivity contribution in [3.63, 3.8) is 0 Å². The molecule has 1 N–H and O–H groups in total. The first-order valence-corrected chi connectivity index (χ1v) is 8.67. The summed E-state index contributed by atoms with van der Waals surface area (Å²) in [5.41, 5.74) is 0.392. The highest BCUT2D eigenvalue weighted by molar-refractivity contribution is 5.27. The molecule has 1 aliphatic rings. The fraction of sp³-hybridized carbons (Fsp3) is 0.550. The molecule has 2 nitrogen and oxygen atoms in total. The van der Waals surface area contributed by atoms with Crippen molar-refractivity contribution in [3.05, 3.63) is 47.2 Å². The van der Waals surface area contributed by atoms with Crippen LogP contribution >= 0.6 is 0 Å². The maximum Gasteiger partial charge on any atom is 0.416 e. The fourth-order valence-corrected chi connectivity index (χ4v) is 3.34. The summed E-state index contributed by atoms with van der Waals surface area (Å²) >= 11 is 0. The highest BCUT2D eigenvalue weighted by Gasteiger charge is 2.30. The predicted molar refractivity (Wildman–Crippen MR) is 93.0 cm³/mol. The van der Waals surface area contributed by atoms with Crippen molar-refractivity contribution >= 4 is 0 Å². The van der Waals surface area contributed by atoms with Crippen molar-refractivity contribution in [2.24, 2.45) is 5.92 Å². The molecule has 1 aromatic carbocycles. The number of hydrogen-bond donors (Lipinski definition) is 1. The second-order valence-electron chi connectivity index (χ2n) is 6.38. The fourth-order valence-electron chi connectivity index (χ4n) is 3.34. The van der Waals surface area contributed by atoms with Crippen LogP contribution in [0.3, 0.4) is 0 Å². The van der Waals surface area contributed by atoms with Crippen LogP contribution < -0.4 is 0 Å². The van der Waals surface area contributed by atoms with Crippen LogP contribution in [0.4, 0.5) is 13.2 Å². The van der Waals surface area contributed by atoms with Crippen LogP contribution in [-0.4, -0.2) is 5.11 Å². The summed E-state index contributed by atoms with van der Waals surface area (Å²) in [5, 5.41) is 17.1. The van der Waals surface area contributed by atoms with Crippen LogP contribution in [0, 0.1) is 17.2 Å². The van der Waals surface area contributed by atoms with Gasteiger partial charge in [-0.2, -0.15) is 18.4 Å². The zero-order chi connectivity index (χ0) is 18.9. The molecule has 138 valence electrons. The first-order valence-electron chi connectivity index (χ1n) is 8.67. The molecule has 2 atom stereocenters. The van der Waals surface area contributed by atoms with Crippen molar-refractivity contribution in [2.75, 3.05) is 0 Å². The van der Waals surface area contributed by atoms with Crippen LogP contribution in [0.5, 0.6) is 0 Å². The van der Waals surface area contributed by atoms with Crippen LogP contribution in [-0.2, 0) is 6.18 Å². The Morgan fingerprint density at radius 2 is 1.88 bits per heavy atom. The number of hydrogen-bond acceptors (Lipinski definition) is 2. The van der Waals surface area contributed by atoms with Gasteiger partial charge in [0.25, 0.3) is 0 Å². The maximum atomic E-state index is 12.6. The summed E-state index contributed by atoms with van der Waals surface area (Å²) in [6, 6.07) is 7.32. The van der Waals surface area contributed by atoms with Gasteiger partial charge < -0.3 is 5.11 Å². The van der Waals surface area contributed by atoms with Crippen molar-refractivity contribution in [2.45, 2.75) is 64.5 Å². The molecule has 1 aromatic rings. The minimum absolute atomic E-state index is 0.301. The molecular weight excluding hydrogens is 327 g/mol. The molecule has 2 unspecified atom stereocenters. The van der Waals surface area contributed by atoms with Crippen LogP contribution in [0.25, 0.3) is 0 Å². The molecule has 5 heteroatoms. The minimum Gasteiger partial charge on any atom is -0.513 e. The van der Waals surface area contributed by atoms with E-state index in [-0.39, 0.29) is 0 Å². The smallest absolute Gasteiger partial charge is 0.416 e. The Bertz CT molecular complexity index is 584. The molecule has 0 radical (unpaired) electrons. The zero-order valence-electron chi connectivity index (χ0n) is 14.8. The Labute approximate surface area is 148 Å². The number of alkyl halides is 3. The number of rotatable bonds is 4. The molecule has 2 rings (SSSR count). The molecule has 0 saturated heterocycles. The van der Waals surface area contributed by atoms with Gasteiger partial charge in [0.2, 0.25) is 0 Å². The SMILES string of the molecule is CC#N.CC/C=C(/O)CC1CCCC(c2ccc(C(F)(F)F)cc2)C1. The van der Waals surface area contributed by atoms with E-state index in [4.69, 9.17) is 5.26 Å². The first kappa shape index (κ1) is 21.1. The van der Waals surface area contributed by atoms with E-state index in [1.165, 1.54) is 19.1 Å². The molecule has 1 saturated carbocycles. The summed E-state index contributed by atoms with van der Waals surface area (Å²) in [4.78, 5) is 0. The summed E-state index contributed by atoms with van der Waals surface area (Å²) in [5.74, 6) is 1.17. The average molecular weight is 353 g/mol. The summed E-state index contributed by atoms with van der Waals surface area (Å²) < 4.78 is 37.8. The predicted octanol–water partition coefficient (Wildman–Crippen LogP) is 6.75. The number of benzene rings is 1. The summed E-state index contributed by atoms with van der Waals surface area (Å²) in [6.07, 6.45) is 3.17. The zero-order valence-corrected chi connectivity index (χ0v) is 14.8. The Kier molecular flexibility index (Phi) is 8.54. The van der Waals surface area contributed by atoms with Gasteiger partial charge in [-0.3, -0.25) is 0 Å². The number of nitrogens with zero attached hydrogens (tertiary/aromatic N) is 1. The van der Waals surface area contributed by atoms with E-state index < -0.39 is 11.7 Å². The second-order valence-corrected chi connectivity index (χ2v) is 6.38. The number of aliphatic hydroxyl groups excluding tert-OH is 1. The number of nitriles is 1. The van der Waals surface area contributed by atoms with Gasteiger partial charge in [0.15, 0.2) is 0 Å². The van der Waals surface area contributed by atoms with E-state index in [9.17, 15) is 18.3 Å². The maximum absolute atomic E-state index is 12.6. The minimum atomic E-state index is -4.27. The summed E-state index contributed by atoms with van der Waals surface area (Å²) in [6.45, 7) is 3.42. The van der Waals surface area contributed by atoms with Gasteiger partial charge in [-0.15, -0.1) is 0 Å². The van der Waals surface area contributed by atoms with Crippen molar-refractivity contribution < 1.29 is 18.3 Å². The molecule has 0 spiro atoms. The Morgan fingerprint density at radius 3 is 2.40 bits per heavy atom. The van der Waals surface area contributed by atoms with Crippen molar-refractivity contribution in [1.82, 2.24) is 0 Å². The monoisotopic (exact) mass is 353 g/mol. The largest absolute Gasteiger partial charge is 0.513 e. The average Bonchev–Trinajstić information content (AvgIpc) is 2.55.